The summed E-state index contributed by atoms with van der Waals surface area (Å²) in [6, 6.07) is 8.39. The van der Waals surface area contributed by atoms with Crippen molar-refractivity contribution in [2.75, 3.05) is 20.2 Å². The van der Waals surface area contributed by atoms with Gasteiger partial charge in [-0.05, 0) is 31.5 Å². The molecule has 2 nitrogen and oxygen atoms in total. The van der Waals surface area contributed by atoms with E-state index in [9.17, 15) is 0 Å². The van der Waals surface area contributed by atoms with E-state index in [0.29, 0.717) is 5.92 Å². The van der Waals surface area contributed by atoms with Crippen molar-refractivity contribution in [2.24, 2.45) is 0 Å². The Morgan fingerprint density at radius 1 is 1.40 bits per heavy atom. The van der Waals surface area contributed by atoms with Gasteiger partial charge in [-0.1, -0.05) is 18.2 Å². The Bertz CT molecular complexity index is 303. The van der Waals surface area contributed by atoms with Crippen LogP contribution < -0.4 is 10.1 Å². The van der Waals surface area contributed by atoms with Crippen LogP contribution in [0.5, 0.6) is 5.75 Å². The molecule has 1 aliphatic heterocycles. The maximum atomic E-state index is 5.70. The molecule has 1 aromatic rings. The molecule has 0 amide bonds. The summed E-state index contributed by atoms with van der Waals surface area (Å²) in [5.74, 6) is 1.68. The Labute approximate surface area is 97.4 Å². The van der Waals surface area contributed by atoms with Crippen molar-refractivity contribution in [3.8, 4) is 5.75 Å². The van der Waals surface area contributed by atoms with Gasteiger partial charge in [0.05, 0.1) is 6.61 Å². The minimum absolute atomic E-state index is 0. The van der Waals surface area contributed by atoms with E-state index in [-0.39, 0.29) is 12.4 Å². The van der Waals surface area contributed by atoms with Gasteiger partial charge in [0.1, 0.15) is 5.75 Å². The van der Waals surface area contributed by atoms with Gasteiger partial charge in [-0.25, -0.2) is 0 Å². The number of nitrogens with one attached hydrogen (secondary N) is 1. The second-order valence-electron chi connectivity index (χ2n) is 3.78. The maximum absolute atomic E-state index is 5.70. The van der Waals surface area contributed by atoms with Crippen molar-refractivity contribution in [3.05, 3.63) is 29.8 Å². The fourth-order valence-electron chi connectivity index (χ4n) is 2.08. The Hall–Kier alpha value is -0.730. The molecule has 15 heavy (non-hydrogen) atoms. The lowest BCUT2D eigenvalue weighted by atomic mass is 9.94. The van der Waals surface area contributed by atoms with Crippen molar-refractivity contribution in [2.45, 2.75) is 18.8 Å². The smallest absolute Gasteiger partial charge is 0.122 e. The molecule has 1 aromatic carbocycles. The number of halogens is 1. The summed E-state index contributed by atoms with van der Waals surface area (Å²) in [4.78, 5) is 0. The van der Waals surface area contributed by atoms with Crippen LogP contribution >= 0.6 is 12.4 Å². The molecule has 0 radical (unpaired) electrons. The number of para-hydroxylation sites is 1. The SMILES string of the molecule is CNCC1CCCOc2ccccc21.Cl. The molecular formula is C12H18ClNO. The predicted molar refractivity (Wildman–Crippen MR) is 65.1 cm³/mol. The first kappa shape index (κ1) is 12.3. The summed E-state index contributed by atoms with van der Waals surface area (Å²) in [7, 11) is 2.01. The summed E-state index contributed by atoms with van der Waals surface area (Å²) in [5.41, 5.74) is 1.36. The van der Waals surface area contributed by atoms with E-state index in [1.807, 2.05) is 13.1 Å². The quantitative estimate of drug-likeness (QED) is 0.839. The van der Waals surface area contributed by atoms with Crippen LogP contribution in [0.2, 0.25) is 0 Å². The highest BCUT2D eigenvalue weighted by Crippen LogP contribution is 2.32. The summed E-state index contributed by atoms with van der Waals surface area (Å²) >= 11 is 0. The fourth-order valence-corrected chi connectivity index (χ4v) is 2.08. The zero-order valence-electron chi connectivity index (χ0n) is 9.03. The summed E-state index contributed by atoms with van der Waals surface area (Å²) in [6.45, 7) is 1.90. The highest BCUT2D eigenvalue weighted by atomic mass is 35.5. The van der Waals surface area contributed by atoms with Gasteiger partial charge in [-0.3, -0.25) is 0 Å². The fraction of sp³-hybridized carbons (Fsp3) is 0.500. The molecule has 1 N–H and O–H groups in total. The van der Waals surface area contributed by atoms with Gasteiger partial charge < -0.3 is 10.1 Å². The number of rotatable bonds is 2. The number of benzene rings is 1. The molecule has 0 saturated heterocycles. The normalized spacial score (nSPS) is 19.4. The Kier molecular flexibility index (Phi) is 4.92. The van der Waals surface area contributed by atoms with Crippen molar-refractivity contribution < 1.29 is 4.74 Å². The Morgan fingerprint density at radius 3 is 3.00 bits per heavy atom. The maximum Gasteiger partial charge on any atom is 0.122 e. The van der Waals surface area contributed by atoms with Crippen molar-refractivity contribution in [1.82, 2.24) is 5.32 Å². The van der Waals surface area contributed by atoms with E-state index >= 15 is 0 Å². The third kappa shape index (κ3) is 2.86. The van der Waals surface area contributed by atoms with E-state index in [1.165, 1.54) is 12.0 Å². The van der Waals surface area contributed by atoms with E-state index in [0.717, 1.165) is 25.3 Å². The van der Waals surface area contributed by atoms with Crippen LogP contribution in [0.15, 0.2) is 24.3 Å². The molecule has 0 fully saturated rings. The zero-order chi connectivity index (χ0) is 9.80. The molecule has 0 spiro atoms. The average molecular weight is 228 g/mol. The number of likely N-dealkylation sites (N-methyl/N-ethyl adjacent to an activating group) is 1. The molecule has 0 saturated carbocycles. The van der Waals surface area contributed by atoms with E-state index in [4.69, 9.17) is 4.74 Å². The van der Waals surface area contributed by atoms with E-state index in [1.54, 1.807) is 0 Å². The first-order chi connectivity index (χ1) is 6.92. The molecule has 1 heterocycles. The van der Waals surface area contributed by atoms with Gasteiger partial charge in [0.15, 0.2) is 0 Å². The highest BCUT2D eigenvalue weighted by Gasteiger charge is 2.18. The third-order valence-electron chi connectivity index (χ3n) is 2.76. The van der Waals surface area contributed by atoms with Gasteiger partial charge in [0.25, 0.3) is 0 Å². The minimum Gasteiger partial charge on any atom is -0.493 e. The molecular weight excluding hydrogens is 210 g/mol. The molecule has 0 bridgehead atoms. The van der Waals surface area contributed by atoms with Crippen molar-refractivity contribution >= 4 is 12.4 Å². The third-order valence-corrected chi connectivity index (χ3v) is 2.76. The van der Waals surface area contributed by atoms with Gasteiger partial charge in [0, 0.05) is 12.5 Å². The lowest BCUT2D eigenvalue weighted by Crippen LogP contribution is -2.16. The highest BCUT2D eigenvalue weighted by molar-refractivity contribution is 5.85. The van der Waals surface area contributed by atoms with Crippen LogP contribution in [-0.4, -0.2) is 20.2 Å². The summed E-state index contributed by atoms with van der Waals surface area (Å²) in [6.07, 6.45) is 2.37. The van der Waals surface area contributed by atoms with E-state index in [2.05, 4.69) is 23.5 Å². The van der Waals surface area contributed by atoms with Crippen LogP contribution in [0, 0.1) is 0 Å². The van der Waals surface area contributed by atoms with Gasteiger partial charge >= 0.3 is 0 Å². The standard InChI is InChI=1S/C12H17NO.ClH/c1-13-9-10-5-4-8-14-12-7-3-2-6-11(10)12;/h2-3,6-7,10,13H,4-5,8-9H2,1H3;1H. The van der Waals surface area contributed by atoms with Gasteiger partial charge in [-0.2, -0.15) is 0 Å². The molecule has 1 aliphatic rings. The van der Waals surface area contributed by atoms with Crippen molar-refractivity contribution in [1.29, 1.82) is 0 Å². The van der Waals surface area contributed by atoms with Crippen molar-refractivity contribution in [3.63, 3.8) is 0 Å². The van der Waals surface area contributed by atoms with Crippen LogP contribution in [0.4, 0.5) is 0 Å². The average Bonchev–Trinajstić information content (AvgIpc) is 2.42. The molecule has 3 heteroatoms. The molecule has 1 unspecified atom stereocenters. The predicted octanol–water partition coefficient (Wildman–Crippen LogP) is 2.58. The second-order valence-corrected chi connectivity index (χ2v) is 3.78. The van der Waals surface area contributed by atoms with Crippen LogP contribution in [0.25, 0.3) is 0 Å². The second kappa shape index (κ2) is 5.99. The molecule has 0 aliphatic carbocycles. The number of fused-ring (bicyclic) bond motifs is 1. The molecule has 2 rings (SSSR count). The number of hydrogen-bond donors (Lipinski definition) is 1. The molecule has 1 atom stereocenters. The first-order valence-corrected chi connectivity index (χ1v) is 5.28. The summed E-state index contributed by atoms with van der Waals surface area (Å²) < 4.78 is 5.70. The van der Waals surface area contributed by atoms with E-state index < -0.39 is 0 Å². The summed E-state index contributed by atoms with van der Waals surface area (Å²) in [5, 5.41) is 3.25. The number of ether oxygens (including phenoxy) is 1. The topological polar surface area (TPSA) is 21.3 Å². The van der Waals surface area contributed by atoms with Gasteiger partial charge in [-0.15, -0.1) is 12.4 Å². The molecule has 0 aromatic heterocycles. The first-order valence-electron chi connectivity index (χ1n) is 5.28. The van der Waals surface area contributed by atoms with Crippen LogP contribution in [-0.2, 0) is 0 Å². The van der Waals surface area contributed by atoms with Crippen LogP contribution in [0.3, 0.4) is 0 Å². The Balaban J connectivity index is 0.00000112. The number of hydrogen-bond acceptors (Lipinski definition) is 2. The van der Waals surface area contributed by atoms with Gasteiger partial charge in [0.2, 0.25) is 0 Å². The lowest BCUT2D eigenvalue weighted by molar-refractivity contribution is 0.316. The van der Waals surface area contributed by atoms with Crippen LogP contribution in [0.1, 0.15) is 24.3 Å². The molecule has 84 valence electrons. The zero-order valence-corrected chi connectivity index (χ0v) is 9.85. The monoisotopic (exact) mass is 227 g/mol. The minimum atomic E-state index is 0. The Morgan fingerprint density at radius 2 is 2.20 bits per heavy atom. The lowest BCUT2D eigenvalue weighted by Gasteiger charge is -2.15. The largest absolute Gasteiger partial charge is 0.493 e.